The molecular weight excluding hydrogens is 144 g/mol. The van der Waals surface area contributed by atoms with E-state index < -0.39 is 0 Å². The van der Waals surface area contributed by atoms with Crippen LogP contribution in [0.4, 0.5) is 0 Å². The van der Waals surface area contributed by atoms with E-state index in [0.717, 1.165) is 4.85 Å². The third-order valence-electron chi connectivity index (χ3n) is 1.58. The van der Waals surface area contributed by atoms with Crippen molar-refractivity contribution in [2.24, 2.45) is 0 Å². The lowest BCUT2D eigenvalue weighted by Gasteiger charge is -1.89. The van der Waals surface area contributed by atoms with Gasteiger partial charge in [0.25, 0.3) is 5.56 Å². The second-order valence-electron chi connectivity index (χ2n) is 2.27. The van der Waals surface area contributed by atoms with Gasteiger partial charge in [-0.25, -0.2) is 5.10 Å². The third-order valence-corrected chi connectivity index (χ3v) is 1.58. The Kier molecular flexibility index (Phi) is 1.03. The van der Waals surface area contributed by atoms with Crippen LogP contribution in [0.15, 0.2) is 29.1 Å². The molecule has 0 bridgehead atoms. The highest BCUT2D eigenvalue weighted by Gasteiger charge is 2.01. The summed E-state index contributed by atoms with van der Waals surface area (Å²) in [4.78, 5) is 11.7. The smallest absolute Gasteiger partial charge is 0.274 e. The van der Waals surface area contributed by atoms with E-state index in [1.54, 1.807) is 24.3 Å². The van der Waals surface area contributed by atoms with Crippen molar-refractivity contribution >= 4 is 10.9 Å². The van der Waals surface area contributed by atoms with Gasteiger partial charge in [-0.05, 0) is 12.1 Å². The Morgan fingerprint density at radius 1 is 1.36 bits per heavy atom. The maximum Gasteiger partial charge on any atom is 0.274 e. The van der Waals surface area contributed by atoms with Crippen LogP contribution in [0.5, 0.6) is 0 Å². The van der Waals surface area contributed by atoms with Gasteiger partial charge >= 0.3 is 0 Å². The first-order valence-electron chi connectivity index (χ1n) is 3.18. The van der Waals surface area contributed by atoms with Gasteiger partial charge in [-0.2, -0.15) is 0 Å². The first-order chi connectivity index (χ1) is 5.29. The molecule has 0 aliphatic carbocycles. The van der Waals surface area contributed by atoms with E-state index in [1.165, 1.54) is 0 Å². The Bertz CT molecular complexity index is 441. The molecular formula is C7H6N2O2. The largest absolute Gasteiger partial charge is 0.413 e. The van der Waals surface area contributed by atoms with Crippen LogP contribution in [0.3, 0.4) is 0 Å². The Morgan fingerprint density at radius 2 is 2.09 bits per heavy atom. The molecule has 2 N–H and O–H groups in total. The van der Waals surface area contributed by atoms with Crippen LogP contribution in [0.25, 0.3) is 10.9 Å². The van der Waals surface area contributed by atoms with E-state index in [-0.39, 0.29) is 5.56 Å². The average molecular weight is 150 g/mol. The number of nitrogens with one attached hydrogen (secondary N) is 1. The minimum absolute atomic E-state index is 0.275. The number of hydrogen-bond donors (Lipinski definition) is 2. The summed E-state index contributed by atoms with van der Waals surface area (Å²) in [6.45, 7) is 0. The first-order valence-corrected chi connectivity index (χ1v) is 3.18. The molecule has 1 aromatic carbocycles. The Balaban J connectivity index is 3.07. The van der Waals surface area contributed by atoms with Gasteiger partial charge in [-0.3, -0.25) is 4.79 Å². The number of hydrogen-bond acceptors (Lipinski definition) is 2. The third kappa shape index (κ3) is 0.724. The molecule has 0 radical (unpaired) electrons. The fraction of sp³-hybridized carbons (Fsp3) is 0. The molecule has 0 spiro atoms. The number of aromatic amines is 1. The summed E-state index contributed by atoms with van der Waals surface area (Å²) < 4.78 is 0. The Hall–Kier alpha value is -1.71. The molecule has 4 nitrogen and oxygen atoms in total. The van der Waals surface area contributed by atoms with Gasteiger partial charge in [0.1, 0.15) is 5.52 Å². The molecule has 0 fully saturated rings. The van der Waals surface area contributed by atoms with Crippen LogP contribution in [0.2, 0.25) is 0 Å². The van der Waals surface area contributed by atoms with E-state index in [4.69, 9.17) is 5.21 Å². The number of fused-ring (bicyclic) bond motifs is 1. The van der Waals surface area contributed by atoms with Gasteiger partial charge in [0.2, 0.25) is 0 Å². The van der Waals surface area contributed by atoms with Crippen molar-refractivity contribution < 1.29 is 5.21 Å². The normalized spacial score (nSPS) is 10.5. The van der Waals surface area contributed by atoms with E-state index in [0.29, 0.717) is 10.9 Å². The second-order valence-corrected chi connectivity index (χ2v) is 2.27. The van der Waals surface area contributed by atoms with Crippen molar-refractivity contribution in [3.05, 3.63) is 34.6 Å². The maximum atomic E-state index is 11.0. The molecule has 0 atom stereocenters. The number of aromatic nitrogens is 2. The SMILES string of the molecule is O=c1[nH]n(O)c2ccccc12. The van der Waals surface area contributed by atoms with Crippen LogP contribution < -0.4 is 5.56 Å². The average Bonchev–Trinajstić information content (AvgIpc) is 2.30. The van der Waals surface area contributed by atoms with Crippen LogP contribution in [-0.2, 0) is 0 Å². The molecule has 11 heavy (non-hydrogen) atoms. The lowest BCUT2D eigenvalue weighted by Crippen LogP contribution is -2.01. The van der Waals surface area contributed by atoms with Gasteiger partial charge < -0.3 is 5.21 Å². The predicted molar refractivity (Wildman–Crippen MR) is 39.7 cm³/mol. The summed E-state index contributed by atoms with van der Waals surface area (Å²) >= 11 is 0. The first kappa shape index (κ1) is 6.03. The van der Waals surface area contributed by atoms with Crippen molar-refractivity contribution in [1.29, 1.82) is 0 Å². The van der Waals surface area contributed by atoms with Crippen molar-refractivity contribution in [2.45, 2.75) is 0 Å². The van der Waals surface area contributed by atoms with Crippen LogP contribution in [0.1, 0.15) is 0 Å². The van der Waals surface area contributed by atoms with Crippen molar-refractivity contribution in [3.63, 3.8) is 0 Å². The lowest BCUT2D eigenvalue weighted by molar-refractivity contribution is 0.160. The zero-order valence-electron chi connectivity index (χ0n) is 5.61. The van der Waals surface area contributed by atoms with Crippen LogP contribution in [0, 0.1) is 0 Å². The zero-order valence-corrected chi connectivity index (χ0v) is 5.61. The Morgan fingerprint density at radius 3 is 2.82 bits per heavy atom. The molecule has 56 valence electrons. The van der Waals surface area contributed by atoms with Crippen LogP contribution >= 0.6 is 0 Å². The summed E-state index contributed by atoms with van der Waals surface area (Å²) in [6, 6.07) is 6.81. The number of benzene rings is 1. The molecule has 2 aromatic rings. The second kappa shape index (κ2) is 1.88. The van der Waals surface area contributed by atoms with Gasteiger partial charge in [0.15, 0.2) is 0 Å². The minimum atomic E-state index is -0.275. The maximum absolute atomic E-state index is 11.0. The number of H-pyrrole nitrogens is 1. The van der Waals surface area contributed by atoms with E-state index >= 15 is 0 Å². The lowest BCUT2D eigenvalue weighted by atomic mass is 10.3. The predicted octanol–water partition coefficient (Wildman–Crippen LogP) is 0.567. The minimum Gasteiger partial charge on any atom is -0.413 e. The van der Waals surface area contributed by atoms with Gasteiger partial charge in [0, 0.05) is 0 Å². The molecule has 4 heteroatoms. The van der Waals surface area contributed by atoms with Crippen molar-refractivity contribution in [1.82, 2.24) is 9.94 Å². The fourth-order valence-corrected chi connectivity index (χ4v) is 1.07. The zero-order chi connectivity index (χ0) is 7.84. The van der Waals surface area contributed by atoms with Crippen molar-refractivity contribution in [2.75, 3.05) is 0 Å². The summed E-state index contributed by atoms with van der Waals surface area (Å²) in [6.07, 6.45) is 0. The highest BCUT2D eigenvalue weighted by Crippen LogP contribution is 2.05. The highest BCUT2D eigenvalue weighted by atomic mass is 16.5. The quantitative estimate of drug-likeness (QED) is 0.539. The molecule has 1 aromatic heterocycles. The summed E-state index contributed by atoms with van der Waals surface area (Å²) in [5.74, 6) is 0. The molecule has 0 unspecified atom stereocenters. The molecule has 0 aliphatic rings. The van der Waals surface area contributed by atoms with Gasteiger partial charge in [-0.15, -0.1) is 4.85 Å². The number of rotatable bonds is 0. The summed E-state index contributed by atoms with van der Waals surface area (Å²) in [5.41, 5.74) is 0.223. The molecule has 0 saturated heterocycles. The molecule has 0 aliphatic heterocycles. The molecule has 0 amide bonds. The van der Waals surface area contributed by atoms with E-state index in [9.17, 15) is 4.79 Å². The molecule has 0 saturated carbocycles. The number of nitrogens with zero attached hydrogens (tertiary/aromatic N) is 1. The molecule has 2 rings (SSSR count). The highest BCUT2D eigenvalue weighted by molar-refractivity contribution is 5.77. The topological polar surface area (TPSA) is 58.0 Å². The monoisotopic (exact) mass is 150 g/mol. The summed E-state index contributed by atoms with van der Waals surface area (Å²) in [7, 11) is 0. The standard InChI is InChI=1S/C7H6N2O2/c10-7-5-3-1-2-4-6(5)9(11)8-7/h1-4,11H,(H,8,10). The van der Waals surface area contributed by atoms with Crippen LogP contribution in [-0.4, -0.2) is 15.2 Å². The van der Waals surface area contributed by atoms with E-state index in [2.05, 4.69) is 5.10 Å². The van der Waals surface area contributed by atoms with Crippen molar-refractivity contribution in [3.8, 4) is 0 Å². The number of para-hydroxylation sites is 1. The van der Waals surface area contributed by atoms with E-state index in [1.807, 2.05) is 0 Å². The van der Waals surface area contributed by atoms with Gasteiger partial charge in [0.05, 0.1) is 5.39 Å². The van der Waals surface area contributed by atoms with Gasteiger partial charge in [-0.1, -0.05) is 12.1 Å². The molecule has 1 heterocycles. The fourth-order valence-electron chi connectivity index (χ4n) is 1.07. The summed E-state index contributed by atoms with van der Waals surface area (Å²) in [5, 5.41) is 11.8. The Labute approximate surface area is 61.6 Å².